The summed E-state index contributed by atoms with van der Waals surface area (Å²) in [5.74, 6) is 0.536. The molecule has 0 bridgehead atoms. The van der Waals surface area contributed by atoms with Gasteiger partial charge in [0.1, 0.15) is 0 Å². The van der Waals surface area contributed by atoms with E-state index in [1.807, 2.05) is 31.3 Å². The second-order valence-corrected chi connectivity index (χ2v) is 7.27. The summed E-state index contributed by atoms with van der Waals surface area (Å²) in [5, 5.41) is 11.2. The summed E-state index contributed by atoms with van der Waals surface area (Å²) in [5.41, 5.74) is 6.59. The van der Waals surface area contributed by atoms with Gasteiger partial charge in [0.05, 0.1) is 12.1 Å². The number of anilines is 1. The van der Waals surface area contributed by atoms with Crippen molar-refractivity contribution < 1.29 is 5.11 Å². The van der Waals surface area contributed by atoms with Gasteiger partial charge in [-0.15, -0.1) is 0 Å². The molecule has 0 saturated carbocycles. The molecule has 2 heterocycles. The zero-order valence-corrected chi connectivity index (χ0v) is 14.9. The summed E-state index contributed by atoms with van der Waals surface area (Å²) >= 11 is 5.94. The standard InChI is InChI=1S/C17H26ClN5O/c1-21-7-6-17(24,13-21)12-20-16(19)23-10-8-22(9-11-23)15-4-2-14(18)3-5-15/h2-5,24H,6-13H2,1H3,(H2,19,20). The Balaban J connectivity index is 1.52. The summed E-state index contributed by atoms with van der Waals surface area (Å²) in [6.45, 7) is 5.39. The van der Waals surface area contributed by atoms with Crippen molar-refractivity contribution in [2.24, 2.45) is 10.7 Å². The maximum atomic E-state index is 10.5. The second-order valence-electron chi connectivity index (χ2n) is 6.84. The molecule has 0 amide bonds. The van der Waals surface area contributed by atoms with Gasteiger partial charge in [-0.05, 0) is 37.7 Å². The second kappa shape index (κ2) is 7.17. The summed E-state index contributed by atoms with van der Waals surface area (Å²) < 4.78 is 0. The normalized spacial score (nSPS) is 26.2. The van der Waals surface area contributed by atoms with E-state index in [4.69, 9.17) is 17.3 Å². The molecular formula is C17H26ClN5O. The quantitative estimate of drug-likeness (QED) is 0.624. The molecule has 2 aliphatic heterocycles. The Labute approximate surface area is 148 Å². The van der Waals surface area contributed by atoms with E-state index in [-0.39, 0.29) is 0 Å². The van der Waals surface area contributed by atoms with Crippen LogP contribution in [0.5, 0.6) is 0 Å². The number of nitrogens with zero attached hydrogens (tertiary/aromatic N) is 4. The van der Waals surface area contributed by atoms with Gasteiger partial charge in [0, 0.05) is 50.0 Å². The van der Waals surface area contributed by atoms with Crippen LogP contribution in [0.15, 0.2) is 29.3 Å². The molecule has 0 aromatic heterocycles. The van der Waals surface area contributed by atoms with E-state index in [1.165, 1.54) is 5.69 Å². The van der Waals surface area contributed by atoms with Crippen LogP contribution in [0.1, 0.15) is 6.42 Å². The first-order valence-electron chi connectivity index (χ1n) is 8.41. The number of aliphatic imine (C=N–C) groups is 1. The van der Waals surface area contributed by atoms with E-state index in [2.05, 4.69) is 19.7 Å². The third-order valence-corrected chi connectivity index (χ3v) is 5.11. The predicted molar refractivity (Wildman–Crippen MR) is 98.8 cm³/mol. The van der Waals surface area contributed by atoms with Crippen molar-refractivity contribution in [1.29, 1.82) is 0 Å². The molecule has 2 saturated heterocycles. The number of aliphatic hydroxyl groups is 1. The van der Waals surface area contributed by atoms with Crippen LogP contribution in [-0.2, 0) is 0 Å². The fraction of sp³-hybridized carbons (Fsp3) is 0.588. The van der Waals surface area contributed by atoms with E-state index < -0.39 is 5.60 Å². The van der Waals surface area contributed by atoms with Crippen molar-refractivity contribution in [3.63, 3.8) is 0 Å². The molecule has 0 spiro atoms. The van der Waals surface area contributed by atoms with Gasteiger partial charge >= 0.3 is 0 Å². The number of likely N-dealkylation sites (tertiary alicyclic amines) is 1. The average molecular weight is 352 g/mol. The molecule has 24 heavy (non-hydrogen) atoms. The number of benzene rings is 1. The molecule has 1 atom stereocenters. The first-order valence-corrected chi connectivity index (χ1v) is 8.79. The molecule has 2 fully saturated rings. The fourth-order valence-corrected chi connectivity index (χ4v) is 3.49. The number of guanidine groups is 1. The fourth-order valence-electron chi connectivity index (χ4n) is 3.36. The summed E-state index contributed by atoms with van der Waals surface area (Å²) in [4.78, 5) is 11.0. The average Bonchev–Trinajstić information content (AvgIpc) is 2.93. The number of β-amino-alcohol motifs (C(OH)–C–C–N with tert-alkyl or cyclic N) is 1. The number of hydrogen-bond donors (Lipinski definition) is 2. The summed E-state index contributed by atoms with van der Waals surface area (Å²) in [7, 11) is 2.01. The third-order valence-electron chi connectivity index (χ3n) is 4.85. The lowest BCUT2D eigenvalue weighted by Gasteiger charge is -2.36. The molecule has 3 N–H and O–H groups in total. The highest BCUT2D eigenvalue weighted by molar-refractivity contribution is 6.30. The molecular weight excluding hydrogens is 326 g/mol. The Bertz CT molecular complexity index is 585. The molecule has 132 valence electrons. The van der Waals surface area contributed by atoms with Gasteiger partial charge in [-0.1, -0.05) is 11.6 Å². The van der Waals surface area contributed by atoms with Crippen molar-refractivity contribution in [3.8, 4) is 0 Å². The Kier molecular flexibility index (Phi) is 5.18. The van der Waals surface area contributed by atoms with Crippen LogP contribution in [0.2, 0.25) is 5.02 Å². The molecule has 2 aliphatic rings. The molecule has 0 aliphatic carbocycles. The van der Waals surface area contributed by atoms with Crippen molar-refractivity contribution in [2.45, 2.75) is 12.0 Å². The van der Waals surface area contributed by atoms with E-state index in [1.54, 1.807) is 0 Å². The number of hydrogen-bond acceptors (Lipinski definition) is 4. The number of halogens is 1. The minimum atomic E-state index is -0.732. The van der Waals surface area contributed by atoms with Crippen molar-refractivity contribution in [1.82, 2.24) is 9.80 Å². The largest absolute Gasteiger partial charge is 0.387 e. The first kappa shape index (κ1) is 17.3. The van der Waals surface area contributed by atoms with Gasteiger partial charge in [-0.2, -0.15) is 0 Å². The zero-order valence-electron chi connectivity index (χ0n) is 14.2. The summed E-state index contributed by atoms with van der Waals surface area (Å²) in [6.07, 6.45) is 0.755. The van der Waals surface area contributed by atoms with Crippen molar-refractivity contribution in [2.75, 3.05) is 57.8 Å². The van der Waals surface area contributed by atoms with E-state index in [0.717, 1.165) is 44.2 Å². The van der Waals surface area contributed by atoms with Crippen LogP contribution in [-0.4, -0.2) is 79.3 Å². The smallest absolute Gasteiger partial charge is 0.191 e. The van der Waals surface area contributed by atoms with Crippen LogP contribution in [0.4, 0.5) is 5.69 Å². The third kappa shape index (κ3) is 4.12. The lowest BCUT2D eigenvalue weighted by Crippen LogP contribution is -2.51. The van der Waals surface area contributed by atoms with E-state index in [9.17, 15) is 5.11 Å². The molecule has 1 unspecified atom stereocenters. The number of nitrogens with two attached hydrogens (primary N) is 1. The highest BCUT2D eigenvalue weighted by Gasteiger charge is 2.34. The monoisotopic (exact) mass is 351 g/mol. The molecule has 1 aromatic carbocycles. The van der Waals surface area contributed by atoms with E-state index >= 15 is 0 Å². The van der Waals surface area contributed by atoms with Gasteiger partial charge in [0.15, 0.2) is 5.96 Å². The topological polar surface area (TPSA) is 68.3 Å². The highest BCUT2D eigenvalue weighted by atomic mass is 35.5. The molecule has 7 heteroatoms. The Morgan fingerprint density at radius 2 is 1.88 bits per heavy atom. The van der Waals surface area contributed by atoms with E-state index in [0.29, 0.717) is 19.0 Å². The highest BCUT2D eigenvalue weighted by Crippen LogP contribution is 2.21. The molecule has 0 radical (unpaired) electrons. The van der Waals surface area contributed by atoms with Gasteiger partial charge in [-0.25, -0.2) is 0 Å². The molecule has 1 aromatic rings. The number of likely N-dealkylation sites (N-methyl/N-ethyl adjacent to an activating group) is 1. The number of rotatable bonds is 3. The minimum Gasteiger partial charge on any atom is -0.387 e. The zero-order chi connectivity index (χ0) is 17.2. The van der Waals surface area contributed by atoms with Crippen LogP contribution in [0, 0.1) is 0 Å². The van der Waals surface area contributed by atoms with Gasteiger partial charge in [0.2, 0.25) is 0 Å². The Hall–Kier alpha value is -1.50. The predicted octanol–water partition coefficient (Wildman–Crippen LogP) is 0.843. The Morgan fingerprint density at radius 3 is 2.46 bits per heavy atom. The molecule has 6 nitrogen and oxygen atoms in total. The Morgan fingerprint density at radius 1 is 1.21 bits per heavy atom. The van der Waals surface area contributed by atoms with Crippen molar-refractivity contribution in [3.05, 3.63) is 29.3 Å². The lowest BCUT2D eigenvalue weighted by molar-refractivity contribution is 0.0611. The van der Waals surface area contributed by atoms with Crippen LogP contribution in [0.25, 0.3) is 0 Å². The number of piperazine rings is 1. The SMILES string of the molecule is CN1CCC(O)(CN=C(N)N2CCN(c3ccc(Cl)cc3)CC2)C1. The molecule has 3 rings (SSSR count). The van der Waals surface area contributed by atoms with Crippen LogP contribution in [0.3, 0.4) is 0 Å². The van der Waals surface area contributed by atoms with Gasteiger partial charge in [-0.3, -0.25) is 4.99 Å². The maximum Gasteiger partial charge on any atom is 0.191 e. The lowest BCUT2D eigenvalue weighted by atomic mass is 10.0. The summed E-state index contributed by atoms with van der Waals surface area (Å²) in [6, 6.07) is 7.92. The van der Waals surface area contributed by atoms with Crippen LogP contribution < -0.4 is 10.6 Å². The van der Waals surface area contributed by atoms with Crippen LogP contribution >= 0.6 is 11.6 Å². The minimum absolute atomic E-state index is 0.376. The first-order chi connectivity index (χ1) is 11.5. The maximum absolute atomic E-state index is 10.5. The van der Waals surface area contributed by atoms with Gasteiger partial charge in [0.25, 0.3) is 0 Å². The van der Waals surface area contributed by atoms with Gasteiger partial charge < -0.3 is 25.5 Å². The van der Waals surface area contributed by atoms with Crippen molar-refractivity contribution >= 4 is 23.2 Å².